The first-order chi connectivity index (χ1) is 12.7. The van der Waals surface area contributed by atoms with Crippen LogP contribution >= 0.6 is 11.6 Å². The molecule has 0 radical (unpaired) electrons. The van der Waals surface area contributed by atoms with Crippen LogP contribution in [0.4, 0.5) is 0 Å². The summed E-state index contributed by atoms with van der Waals surface area (Å²) in [6, 6.07) is 9.72. The summed E-state index contributed by atoms with van der Waals surface area (Å²) in [4.78, 5) is 14.4. The molecule has 3 rings (SSSR count). The van der Waals surface area contributed by atoms with E-state index in [1.165, 1.54) is 5.56 Å². The predicted octanol–water partition coefficient (Wildman–Crippen LogP) is 3.08. The zero-order valence-electron chi connectivity index (χ0n) is 14.9. The van der Waals surface area contributed by atoms with Crippen LogP contribution in [0, 0.1) is 0 Å². The van der Waals surface area contributed by atoms with Crippen molar-refractivity contribution in [3.8, 4) is 0 Å². The van der Waals surface area contributed by atoms with Gasteiger partial charge in [-0.05, 0) is 37.1 Å². The van der Waals surface area contributed by atoms with Crippen molar-refractivity contribution in [2.45, 2.75) is 25.3 Å². The second kappa shape index (κ2) is 9.16. The maximum atomic E-state index is 12.0. The van der Waals surface area contributed by atoms with Crippen LogP contribution in [-0.4, -0.2) is 49.3 Å². The van der Waals surface area contributed by atoms with Crippen LogP contribution in [0.15, 0.2) is 34.9 Å². The van der Waals surface area contributed by atoms with Gasteiger partial charge in [0.2, 0.25) is 5.76 Å². The molecule has 7 heteroatoms. The maximum Gasteiger partial charge on any atom is 0.289 e. The Morgan fingerprint density at radius 1 is 1.42 bits per heavy atom. The number of aromatic nitrogens is 1. The molecule has 1 atom stereocenters. The number of likely N-dealkylation sites (tertiary alicyclic amines) is 1. The van der Waals surface area contributed by atoms with Crippen molar-refractivity contribution in [2.24, 2.45) is 0 Å². The molecule has 0 saturated carbocycles. The molecular weight excluding hydrogens is 354 g/mol. The molecule has 1 aromatic carbocycles. The number of hydrogen-bond donors (Lipinski definition) is 1. The molecule has 1 fully saturated rings. The van der Waals surface area contributed by atoms with Gasteiger partial charge in [0.1, 0.15) is 0 Å². The van der Waals surface area contributed by atoms with Crippen molar-refractivity contribution in [3.63, 3.8) is 0 Å². The molecule has 0 unspecified atom stereocenters. The van der Waals surface area contributed by atoms with Crippen molar-refractivity contribution >= 4 is 17.5 Å². The Labute approximate surface area is 158 Å². The van der Waals surface area contributed by atoms with Gasteiger partial charge in [0.05, 0.1) is 12.3 Å². The number of piperidine rings is 1. The fourth-order valence-electron chi connectivity index (χ4n) is 3.23. The van der Waals surface area contributed by atoms with Gasteiger partial charge in [-0.1, -0.05) is 28.9 Å². The molecule has 1 aliphatic heterocycles. The number of ether oxygens (including phenoxy) is 1. The van der Waals surface area contributed by atoms with Gasteiger partial charge in [0.25, 0.3) is 5.91 Å². The van der Waals surface area contributed by atoms with Gasteiger partial charge in [-0.15, -0.1) is 0 Å². The van der Waals surface area contributed by atoms with E-state index in [0.717, 1.165) is 43.2 Å². The number of benzene rings is 1. The number of halogens is 1. The Bertz CT molecular complexity index is 717. The second-order valence-corrected chi connectivity index (χ2v) is 7.00. The number of methoxy groups -OCH3 is 1. The molecule has 1 aliphatic rings. The highest BCUT2D eigenvalue weighted by Gasteiger charge is 2.25. The van der Waals surface area contributed by atoms with E-state index in [-0.39, 0.29) is 17.6 Å². The lowest BCUT2D eigenvalue weighted by Crippen LogP contribution is -2.34. The number of carbonyl (C=O) groups is 1. The number of nitrogens with zero attached hydrogens (tertiary/aromatic N) is 2. The quantitative estimate of drug-likeness (QED) is 0.751. The zero-order chi connectivity index (χ0) is 18.4. The molecule has 140 valence electrons. The lowest BCUT2D eigenvalue weighted by Gasteiger charge is -2.31. The third kappa shape index (κ3) is 5.06. The first-order valence-electron chi connectivity index (χ1n) is 8.86. The molecule has 1 saturated heterocycles. The molecule has 2 aromatic rings. The summed E-state index contributed by atoms with van der Waals surface area (Å²) in [6.45, 7) is 3.76. The molecule has 0 bridgehead atoms. The van der Waals surface area contributed by atoms with Gasteiger partial charge in [-0.3, -0.25) is 9.69 Å². The van der Waals surface area contributed by atoms with Gasteiger partial charge in [-0.25, -0.2) is 0 Å². The maximum absolute atomic E-state index is 12.0. The topological polar surface area (TPSA) is 67.6 Å². The zero-order valence-corrected chi connectivity index (χ0v) is 15.7. The van der Waals surface area contributed by atoms with Crippen molar-refractivity contribution in [3.05, 3.63) is 52.4 Å². The average Bonchev–Trinajstić information content (AvgIpc) is 3.14. The summed E-state index contributed by atoms with van der Waals surface area (Å²) < 4.78 is 10.2. The van der Waals surface area contributed by atoms with Gasteiger partial charge in [0, 0.05) is 43.8 Å². The van der Waals surface area contributed by atoms with E-state index >= 15 is 0 Å². The Hall–Kier alpha value is -1.89. The fourth-order valence-corrected chi connectivity index (χ4v) is 3.36. The summed E-state index contributed by atoms with van der Waals surface area (Å²) in [5, 5.41) is 7.63. The Morgan fingerprint density at radius 3 is 3.00 bits per heavy atom. The monoisotopic (exact) mass is 377 g/mol. The van der Waals surface area contributed by atoms with E-state index in [1.54, 1.807) is 13.2 Å². The standard InChI is InChI=1S/C19H24ClN3O3/c1-25-10-8-21-19(24)18-11-17(22-26-18)15-3-2-9-23(13-15)12-14-4-6-16(20)7-5-14/h4-7,11,15H,2-3,8-10,12-13H2,1H3,(H,21,24)/t15-/m1/s1. The Kier molecular flexibility index (Phi) is 6.66. The first kappa shape index (κ1) is 18.9. The lowest BCUT2D eigenvalue weighted by molar-refractivity contribution is 0.0900. The summed E-state index contributed by atoms with van der Waals surface area (Å²) in [5.74, 6) is 0.279. The van der Waals surface area contributed by atoms with Crippen molar-refractivity contribution < 1.29 is 14.1 Å². The summed E-state index contributed by atoms with van der Waals surface area (Å²) in [5.41, 5.74) is 2.09. The van der Waals surface area contributed by atoms with Crippen molar-refractivity contribution in [1.82, 2.24) is 15.4 Å². The van der Waals surface area contributed by atoms with E-state index < -0.39 is 0 Å². The molecule has 26 heavy (non-hydrogen) atoms. The van der Waals surface area contributed by atoms with E-state index in [1.807, 2.05) is 12.1 Å². The Morgan fingerprint density at radius 2 is 2.23 bits per heavy atom. The highest BCUT2D eigenvalue weighted by atomic mass is 35.5. The van der Waals surface area contributed by atoms with Crippen LogP contribution < -0.4 is 5.32 Å². The second-order valence-electron chi connectivity index (χ2n) is 6.57. The molecule has 1 aromatic heterocycles. The molecule has 0 spiro atoms. The third-order valence-electron chi connectivity index (χ3n) is 4.59. The molecule has 0 aliphatic carbocycles. The Balaban J connectivity index is 1.57. The van der Waals surface area contributed by atoms with E-state index in [0.29, 0.717) is 13.2 Å². The molecule has 6 nitrogen and oxygen atoms in total. The van der Waals surface area contributed by atoms with E-state index in [4.69, 9.17) is 20.9 Å². The minimum atomic E-state index is -0.255. The summed E-state index contributed by atoms with van der Waals surface area (Å²) in [7, 11) is 1.59. The van der Waals surface area contributed by atoms with Crippen molar-refractivity contribution in [2.75, 3.05) is 33.4 Å². The number of hydrogen-bond acceptors (Lipinski definition) is 5. The largest absolute Gasteiger partial charge is 0.383 e. The normalized spacial score (nSPS) is 18.0. The van der Waals surface area contributed by atoms with Crippen LogP contribution in [0.2, 0.25) is 5.02 Å². The van der Waals surface area contributed by atoms with Crippen LogP contribution in [0.1, 0.15) is 40.6 Å². The molecular formula is C19H24ClN3O3. The van der Waals surface area contributed by atoms with Gasteiger partial charge in [-0.2, -0.15) is 0 Å². The number of carbonyl (C=O) groups excluding carboxylic acids is 1. The predicted molar refractivity (Wildman–Crippen MR) is 99.4 cm³/mol. The molecule has 2 heterocycles. The smallest absolute Gasteiger partial charge is 0.289 e. The van der Waals surface area contributed by atoms with Crippen LogP contribution in [-0.2, 0) is 11.3 Å². The first-order valence-corrected chi connectivity index (χ1v) is 9.24. The molecule has 1 amide bonds. The summed E-state index contributed by atoms with van der Waals surface area (Å²) >= 11 is 5.95. The van der Waals surface area contributed by atoms with Gasteiger partial charge < -0.3 is 14.6 Å². The lowest BCUT2D eigenvalue weighted by atomic mass is 9.94. The highest BCUT2D eigenvalue weighted by molar-refractivity contribution is 6.30. The minimum absolute atomic E-state index is 0.255. The number of nitrogens with one attached hydrogen (secondary N) is 1. The summed E-state index contributed by atoms with van der Waals surface area (Å²) in [6.07, 6.45) is 2.15. The van der Waals surface area contributed by atoms with Crippen molar-refractivity contribution in [1.29, 1.82) is 0 Å². The average molecular weight is 378 g/mol. The van der Waals surface area contributed by atoms with Gasteiger partial charge in [0.15, 0.2) is 0 Å². The van der Waals surface area contributed by atoms with Crippen LogP contribution in [0.5, 0.6) is 0 Å². The van der Waals surface area contributed by atoms with E-state index in [2.05, 4.69) is 27.5 Å². The van der Waals surface area contributed by atoms with Crippen LogP contribution in [0.25, 0.3) is 0 Å². The SMILES string of the molecule is COCCNC(=O)c1cc([C@@H]2CCCN(Cc3ccc(Cl)cc3)C2)no1. The number of amides is 1. The van der Waals surface area contributed by atoms with Crippen LogP contribution in [0.3, 0.4) is 0 Å². The fraction of sp³-hybridized carbons (Fsp3) is 0.474. The minimum Gasteiger partial charge on any atom is -0.383 e. The van der Waals surface area contributed by atoms with Gasteiger partial charge >= 0.3 is 0 Å². The van der Waals surface area contributed by atoms with E-state index in [9.17, 15) is 4.79 Å². The number of rotatable bonds is 7. The third-order valence-corrected chi connectivity index (χ3v) is 4.84. The molecule has 1 N–H and O–H groups in total. The highest BCUT2D eigenvalue weighted by Crippen LogP contribution is 2.27.